The highest BCUT2D eigenvalue weighted by molar-refractivity contribution is 5.39. The second kappa shape index (κ2) is 6.26. The molecule has 0 spiro atoms. The molecular formula is C18H12F2O2. The summed E-state index contributed by atoms with van der Waals surface area (Å²) in [6.07, 6.45) is 0. The molecule has 0 radical (unpaired) electrons. The van der Waals surface area contributed by atoms with Crippen LogP contribution in [0.4, 0.5) is 8.78 Å². The van der Waals surface area contributed by atoms with Crippen molar-refractivity contribution in [3.8, 4) is 23.0 Å². The van der Waals surface area contributed by atoms with Gasteiger partial charge in [0.05, 0.1) is 0 Å². The highest BCUT2D eigenvalue weighted by Crippen LogP contribution is 2.28. The van der Waals surface area contributed by atoms with Gasteiger partial charge in [-0.25, -0.2) is 8.78 Å². The van der Waals surface area contributed by atoms with E-state index < -0.39 is 0 Å². The van der Waals surface area contributed by atoms with Gasteiger partial charge in [-0.2, -0.15) is 0 Å². The minimum atomic E-state index is -0.371. The van der Waals surface area contributed by atoms with Crippen LogP contribution >= 0.6 is 0 Å². The Hall–Kier alpha value is -2.88. The molecule has 3 aromatic carbocycles. The molecule has 0 fully saturated rings. The van der Waals surface area contributed by atoms with E-state index in [1.54, 1.807) is 48.5 Å². The van der Waals surface area contributed by atoms with Crippen molar-refractivity contribution in [2.24, 2.45) is 0 Å². The van der Waals surface area contributed by atoms with Gasteiger partial charge in [-0.3, -0.25) is 0 Å². The molecule has 110 valence electrons. The summed E-state index contributed by atoms with van der Waals surface area (Å²) in [5.74, 6) is 1.04. The van der Waals surface area contributed by atoms with E-state index in [-0.39, 0.29) is 11.6 Å². The third-order valence-corrected chi connectivity index (χ3v) is 2.87. The summed E-state index contributed by atoms with van der Waals surface area (Å²) in [4.78, 5) is 0. The zero-order valence-electron chi connectivity index (χ0n) is 11.5. The van der Waals surface area contributed by atoms with Gasteiger partial charge in [0.25, 0.3) is 0 Å². The highest BCUT2D eigenvalue weighted by Gasteiger charge is 2.03. The quantitative estimate of drug-likeness (QED) is 0.628. The molecule has 3 rings (SSSR count). The van der Waals surface area contributed by atoms with Crippen molar-refractivity contribution in [3.05, 3.63) is 84.4 Å². The van der Waals surface area contributed by atoms with Gasteiger partial charge in [-0.1, -0.05) is 18.2 Å². The second-order valence-electron chi connectivity index (χ2n) is 4.59. The zero-order valence-corrected chi connectivity index (χ0v) is 11.5. The summed E-state index contributed by atoms with van der Waals surface area (Å²) in [5, 5.41) is 0. The van der Waals surface area contributed by atoms with Crippen LogP contribution in [0.3, 0.4) is 0 Å². The van der Waals surface area contributed by atoms with Crippen molar-refractivity contribution in [1.29, 1.82) is 0 Å². The van der Waals surface area contributed by atoms with Crippen molar-refractivity contribution in [3.63, 3.8) is 0 Å². The molecule has 0 aromatic heterocycles. The molecule has 3 aromatic rings. The third kappa shape index (κ3) is 3.61. The van der Waals surface area contributed by atoms with Gasteiger partial charge in [0.15, 0.2) is 0 Å². The van der Waals surface area contributed by atoms with Gasteiger partial charge in [0, 0.05) is 18.2 Å². The van der Waals surface area contributed by atoms with Crippen LogP contribution in [0.25, 0.3) is 0 Å². The van der Waals surface area contributed by atoms with Crippen LogP contribution in [0.1, 0.15) is 0 Å². The number of rotatable bonds is 4. The summed E-state index contributed by atoms with van der Waals surface area (Å²) in [5.41, 5.74) is 0. The highest BCUT2D eigenvalue weighted by atomic mass is 19.1. The Morgan fingerprint density at radius 2 is 0.864 bits per heavy atom. The Balaban J connectivity index is 1.78. The fourth-order valence-corrected chi connectivity index (χ4v) is 1.93. The molecule has 0 unspecified atom stereocenters. The molecule has 2 nitrogen and oxygen atoms in total. The number of ether oxygens (including phenoxy) is 2. The van der Waals surface area contributed by atoms with E-state index in [0.717, 1.165) is 0 Å². The molecule has 0 atom stereocenters. The van der Waals surface area contributed by atoms with Gasteiger partial charge in [-0.15, -0.1) is 0 Å². The fourth-order valence-electron chi connectivity index (χ4n) is 1.93. The predicted molar refractivity (Wildman–Crippen MR) is 79.4 cm³/mol. The van der Waals surface area contributed by atoms with Gasteiger partial charge in [-0.05, 0) is 36.4 Å². The molecular weight excluding hydrogens is 286 g/mol. The molecule has 0 bridgehead atoms. The Morgan fingerprint density at radius 1 is 0.500 bits per heavy atom. The minimum absolute atomic E-state index is 0.371. The van der Waals surface area contributed by atoms with Crippen LogP contribution in [0.15, 0.2) is 72.8 Å². The predicted octanol–water partition coefficient (Wildman–Crippen LogP) is 5.55. The van der Waals surface area contributed by atoms with Crippen LogP contribution in [0, 0.1) is 11.6 Å². The van der Waals surface area contributed by atoms with Gasteiger partial charge in [0.2, 0.25) is 0 Å². The van der Waals surface area contributed by atoms with E-state index in [1.165, 1.54) is 24.3 Å². The molecule has 0 saturated heterocycles. The first-order chi connectivity index (χ1) is 10.7. The van der Waals surface area contributed by atoms with E-state index in [1.807, 2.05) is 0 Å². The topological polar surface area (TPSA) is 18.5 Å². The van der Waals surface area contributed by atoms with Crippen LogP contribution in [-0.2, 0) is 0 Å². The lowest BCUT2D eigenvalue weighted by molar-refractivity contribution is 0.455. The van der Waals surface area contributed by atoms with E-state index in [2.05, 4.69) is 0 Å². The molecule has 0 aliphatic rings. The van der Waals surface area contributed by atoms with E-state index in [0.29, 0.717) is 23.0 Å². The number of hydrogen-bond donors (Lipinski definition) is 0. The summed E-state index contributed by atoms with van der Waals surface area (Å²) < 4.78 is 37.4. The first-order valence-electron chi connectivity index (χ1n) is 6.66. The standard InChI is InChI=1S/C18H12F2O2/c19-13-4-1-6-15(10-13)21-17-8-3-9-18(12-17)22-16-7-2-5-14(20)11-16/h1-12H. The zero-order chi connectivity index (χ0) is 15.4. The summed E-state index contributed by atoms with van der Waals surface area (Å²) in [6, 6.07) is 18.6. The van der Waals surface area contributed by atoms with Crippen molar-refractivity contribution >= 4 is 0 Å². The maximum atomic E-state index is 13.1. The monoisotopic (exact) mass is 298 g/mol. The van der Waals surface area contributed by atoms with Crippen molar-refractivity contribution < 1.29 is 18.3 Å². The molecule has 0 heterocycles. The lowest BCUT2D eigenvalue weighted by Gasteiger charge is -2.09. The molecule has 4 heteroatoms. The molecule has 0 amide bonds. The Bertz CT molecular complexity index is 725. The summed E-state index contributed by atoms with van der Waals surface area (Å²) in [6.45, 7) is 0. The average molecular weight is 298 g/mol. The SMILES string of the molecule is Fc1cccc(Oc2cccc(Oc3cccc(F)c3)c2)c1. The smallest absolute Gasteiger partial charge is 0.131 e. The minimum Gasteiger partial charge on any atom is -0.457 e. The Morgan fingerprint density at radius 3 is 1.27 bits per heavy atom. The van der Waals surface area contributed by atoms with Gasteiger partial charge < -0.3 is 9.47 Å². The second-order valence-corrected chi connectivity index (χ2v) is 4.59. The largest absolute Gasteiger partial charge is 0.457 e. The molecule has 0 aliphatic carbocycles. The summed E-state index contributed by atoms with van der Waals surface area (Å²) in [7, 11) is 0. The van der Waals surface area contributed by atoms with E-state index in [9.17, 15) is 8.78 Å². The number of halogens is 2. The third-order valence-electron chi connectivity index (χ3n) is 2.87. The van der Waals surface area contributed by atoms with Crippen molar-refractivity contribution in [1.82, 2.24) is 0 Å². The van der Waals surface area contributed by atoms with E-state index >= 15 is 0 Å². The maximum absolute atomic E-state index is 13.1. The first-order valence-corrected chi connectivity index (χ1v) is 6.66. The number of benzene rings is 3. The normalized spacial score (nSPS) is 10.3. The lowest BCUT2D eigenvalue weighted by atomic mass is 10.3. The lowest BCUT2D eigenvalue weighted by Crippen LogP contribution is -1.88. The fraction of sp³-hybridized carbons (Fsp3) is 0. The Labute approximate surface area is 126 Å². The molecule has 0 saturated carbocycles. The summed E-state index contributed by atoms with van der Waals surface area (Å²) >= 11 is 0. The van der Waals surface area contributed by atoms with Crippen LogP contribution in [0.5, 0.6) is 23.0 Å². The molecule has 22 heavy (non-hydrogen) atoms. The van der Waals surface area contributed by atoms with E-state index in [4.69, 9.17) is 9.47 Å². The van der Waals surface area contributed by atoms with Crippen molar-refractivity contribution in [2.45, 2.75) is 0 Å². The number of hydrogen-bond acceptors (Lipinski definition) is 2. The van der Waals surface area contributed by atoms with Crippen LogP contribution in [-0.4, -0.2) is 0 Å². The maximum Gasteiger partial charge on any atom is 0.131 e. The van der Waals surface area contributed by atoms with Crippen LogP contribution in [0.2, 0.25) is 0 Å². The first kappa shape index (κ1) is 14.1. The van der Waals surface area contributed by atoms with Gasteiger partial charge in [0.1, 0.15) is 34.6 Å². The average Bonchev–Trinajstić information content (AvgIpc) is 2.47. The molecule has 0 N–H and O–H groups in total. The van der Waals surface area contributed by atoms with Gasteiger partial charge >= 0.3 is 0 Å². The Kier molecular flexibility index (Phi) is 4.01. The molecule has 0 aliphatic heterocycles. The van der Waals surface area contributed by atoms with Crippen LogP contribution < -0.4 is 9.47 Å². The van der Waals surface area contributed by atoms with Crippen molar-refractivity contribution in [2.75, 3.05) is 0 Å².